The molecule has 2 rings (SSSR count). The highest BCUT2D eigenvalue weighted by Crippen LogP contribution is 2.31. The van der Waals surface area contributed by atoms with Crippen LogP contribution >= 0.6 is 0 Å². The lowest BCUT2D eigenvalue weighted by Gasteiger charge is -2.35. The van der Waals surface area contributed by atoms with E-state index in [-0.39, 0.29) is 13.2 Å². The highest BCUT2D eigenvalue weighted by atomic mass is 19.3. The van der Waals surface area contributed by atoms with Gasteiger partial charge in [0.05, 0.1) is 19.6 Å². The number of hydrogen-bond acceptors (Lipinski definition) is 4. The topological polar surface area (TPSA) is 55.8 Å². The third kappa shape index (κ3) is 4.16. The Hall–Kier alpha value is -2.18. The number of methoxy groups -OCH3 is 1. The van der Waals surface area contributed by atoms with Crippen molar-refractivity contribution in [2.75, 3.05) is 20.2 Å². The maximum absolute atomic E-state index is 13.7. The summed E-state index contributed by atoms with van der Waals surface area (Å²) in [5.74, 6) is -4.93. The number of halogens is 2. The zero-order valence-corrected chi connectivity index (χ0v) is 12.1. The van der Waals surface area contributed by atoms with Crippen molar-refractivity contribution in [2.45, 2.75) is 19.0 Å². The molecule has 1 amide bonds. The van der Waals surface area contributed by atoms with Gasteiger partial charge in [-0.05, 0) is 5.56 Å². The maximum Gasteiger partial charge on any atom is 0.410 e. The lowest BCUT2D eigenvalue weighted by molar-refractivity contribution is -0.155. The Balaban J connectivity index is 1.97. The highest BCUT2D eigenvalue weighted by molar-refractivity contribution is 5.75. The van der Waals surface area contributed by atoms with E-state index in [4.69, 9.17) is 4.74 Å². The summed E-state index contributed by atoms with van der Waals surface area (Å²) in [4.78, 5) is 24.3. The first-order valence-electron chi connectivity index (χ1n) is 6.82. The van der Waals surface area contributed by atoms with E-state index in [1.165, 1.54) is 0 Å². The molecule has 1 aliphatic heterocycles. The lowest BCUT2D eigenvalue weighted by atomic mass is 9.95. The number of rotatable bonds is 3. The van der Waals surface area contributed by atoms with Crippen LogP contribution in [0.2, 0.25) is 0 Å². The van der Waals surface area contributed by atoms with E-state index in [2.05, 4.69) is 4.74 Å². The molecule has 22 heavy (non-hydrogen) atoms. The summed E-state index contributed by atoms with van der Waals surface area (Å²) in [7, 11) is 1.13. The number of nitrogens with zero attached hydrogens (tertiary/aromatic N) is 1. The standard InChI is InChI=1S/C15H17F2NO4/c1-21-13(19)12-7-15(16,17)10-18(8-12)14(20)22-9-11-5-3-2-4-6-11/h2-6,12H,7-10H2,1H3. The molecule has 1 saturated heterocycles. The summed E-state index contributed by atoms with van der Waals surface area (Å²) in [5, 5.41) is 0. The summed E-state index contributed by atoms with van der Waals surface area (Å²) in [6.07, 6.45) is -1.49. The minimum atomic E-state index is -3.14. The van der Waals surface area contributed by atoms with Gasteiger partial charge in [-0.1, -0.05) is 30.3 Å². The van der Waals surface area contributed by atoms with Crippen molar-refractivity contribution in [3.8, 4) is 0 Å². The fourth-order valence-electron chi connectivity index (χ4n) is 2.37. The molecule has 1 unspecified atom stereocenters. The normalized spacial score (nSPS) is 20.3. The Kier molecular flexibility index (Phi) is 4.95. The van der Waals surface area contributed by atoms with Gasteiger partial charge >= 0.3 is 12.1 Å². The van der Waals surface area contributed by atoms with Gasteiger partial charge in [0.25, 0.3) is 5.92 Å². The van der Waals surface area contributed by atoms with Crippen LogP contribution in [0, 0.1) is 5.92 Å². The predicted molar refractivity (Wildman–Crippen MR) is 73.3 cm³/mol. The molecule has 7 heteroatoms. The van der Waals surface area contributed by atoms with Crippen LogP contribution < -0.4 is 0 Å². The summed E-state index contributed by atoms with van der Waals surface area (Å²) < 4.78 is 36.8. The van der Waals surface area contributed by atoms with Gasteiger partial charge in [0, 0.05) is 13.0 Å². The fraction of sp³-hybridized carbons (Fsp3) is 0.467. The second-order valence-electron chi connectivity index (χ2n) is 5.20. The highest BCUT2D eigenvalue weighted by Gasteiger charge is 2.45. The molecule has 1 atom stereocenters. The second-order valence-corrected chi connectivity index (χ2v) is 5.20. The summed E-state index contributed by atoms with van der Waals surface area (Å²) in [6.45, 7) is -0.894. The van der Waals surface area contributed by atoms with Crippen molar-refractivity contribution in [3.63, 3.8) is 0 Å². The average molecular weight is 313 g/mol. The molecule has 0 aromatic heterocycles. The number of amides is 1. The first-order chi connectivity index (χ1) is 10.4. The lowest BCUT2D eigenvalue weighted by Crippen LogP contribution is -2.51. The van der Waals surface area contributed by atoms with Gasteiger partial charge in [0.1, 0.15) is 6.61 Å². The van der Waals surface area contributed by atoms with Crippen molar-refractivity contribution >= 4 is 12.1 Å². The van der Waals surface area contributed by atoms with Crippen molar-refractivity contribution in [1.82, 2.24) is 4.90 Å². The van der Waals surface area contributed by atoms with Gasteiger partial charge in [0.15, 0.2) is 0 Å². The fourth-order valence-corrected chi connectivity index (χ4v) is 2.37. The van der Waals surface area contributed by atoms with Gasteiger partial charge in [-0.2, -0.15) is 0 Å². The van der Waals surface area contributed by atoms with Crippen LogP contribution in [-0.2, 0) is 20.9 Å². The number of carbonyl (C=O) groups is 2. The van der Waals surface area contributed by atoms with Gasteiger partial charge < -0.3 is 14.4 Å². The quantitative estimate of drug-likeness (QED) is 0.804. The molecule has 5 nitrogen and oxygen atoms in total. The third-order valence-corrected chi connectivity index (χ3v) is 3.41. The van der Waals surface area contributed by atoms with E-state index in [0.717, 1.165) is 17.6 Å². The van der Waals surface area contributed by atoms with Crippen LogP contribution in [0.4, 0.5) is 13.6 Å². The van der Waals surface area contributed by atoms with Crippen molar-refractivity contribution in [3.05, 3.63) is 35.9 Å². The third-order valence-electron chi connectivity index (χ3n) is 3.41. The Labute approximate surface area is 126 Å². The Morgan fingerprint density at radius 3 is 2.64 bits per heavy atom. The number of hydrogen-bond donors (Lipinski definition) is 0. The molecular formula is C15H17F2NO4. The molecule has 1 fully saturated rings. The second kappa shape index (κ2) is 6.72. The number of carbonyl (C=O) groups excluding carboxylic acids is 2. The van der Waals surface area contributed by atoms with Crippen LogP contribution in [0.1, 0.15) is 12.0 Å². The van der Waals surface area contributed by atoms with Gasteiger partial charge in [-0.3, -0.25) is 4.79 Å². The Morgan fingerprint density at radius 2 is 2.00 bits per heavy atom. The minimum Gasteiger partial charge on any atom is -0.469 e. The van der Waals surface area contributed by atoms with Crippen molar-refractivity contribution in [2.24, 2.45) is 5.92 Å². The molecule has 0 spiro atoms. The largest absolute Gasteiger partial charge is 0.469 e. The maximum atomic E-state index is 13.7. The number of esters is 1. The molecule has 0 N–H and O–H groups in total. The van der Waals surface area contributed by atoms with E-state index in [1.54, 1.807) is 24.3 Å². The molecular weight excluding hydrogens is 296 g/mol. The van der Waals surface area contributed by atoms with Gasteiger partial charge in [0.2, 0.25) is 0 Å². The molecule has 1 aromatic rings. The average Bonchev–Trinajstić information content (AvgIpc) is 2.51. The van der Waals surface area contributed by atoms with E-state index in [9.17, 15) is 18.4 Å². The molecule has 0 saturated carbocycles. The Bertz CT molecular complexity index is 536. The zero-order chi connectivity index (χ0) is 16.2. The van der Waals surface area contributed by atoms with Crippen molar-refractivity contribution < 1.29 is 27.8 Å². The molecule has 1 heterocycles. The van der Waals surface area contributed by atoms with Crippen LogP contribution in [0.15, 0.2) is 30.3 Å². The van der Waals surface area contributed by atoms with Crippen LogP contribution in [0.3, 0.4) is 0 Å². The summed E-state index contributed by atoms with van der Waals surface area (Å²) in [5.41, 5.74) is 0.754. The number of alkyl halides is 2. The summed E-state index contributed by atoms with van der Waals surface area (Å²) >= 11 is 0. The Morgan fingerprint density at radius 1 is 1.32 bits per heavy atom. The molecule has 0 bridgehead atoms. The number of piperidine rings is 1. The van der Waals surface area contributed by atoms with Crippen LogP contribution in [-0.4, -0.2) is 43.1 Å². The number of likely N-dealkylation sites (tertiary alicyclic amines) is 1. The molecule has 0 radical (unpaired) electrons. The number of benzene rings is 1. The van der Waals surface area contributed by atoms with Crippen molar-refractivity contribution in [1.29, 1.82) is 0 Å². The first kappa shape index (κ1) is 16.2. The van der Waals surface area contributed by atoms with Gasteiger partial charge in [-0.15, -0.1) is 0 Å². The molecule has 120 valence electrons. The van der Waals surface area contributed by atoms with E-state index in [0.29, 0.717) is 0 Å². The first-order valence-corrected chi connectivity index (χ1v) is 6.82. The minimum absolute atomic E-state index is 0.00929. The summed E-state index contributed by atoms with van der Waals surface area (Å²) in [6, 6.07) is 8.90. The smallest absolute Gasteiger partial charge is 0.410 e. The number of ether oxygens (including phenoxy) is 2. The van der Waals surface area contributed by atoms with E-state index >= 15 is 0 Å². The zero-order valence-electron chi connectivity index (χ0n) is 12.1. The molecule has 1 aromatic carbocycles. The molecule has 1 aliphatic rings. The van der Waals surface area contributed by atoms with Gasteiger partial charge in [-0.25, -0.2) is 13.6 Å². The van der Waals surface area contributed by atoms with E-state index < -0.39 is 36.9 Å². The molecule has 0 aliphatic carbocycles. The van der Waals surface area contributed by atoms with E-state index in [1.807, 2.05) is 6.07 Å². The van der Waals surface area contributed by atoms with Crippen LogP contribution in [0.25, 0.3) is 0 Å². The monoisotopic (exact) mass is 313 g/mol. The predicted octanol–water partition coefficient (Wildman–Crippen LogP) is 2.45. The van der Waals surface area contributed by atoms with Crippen LogP contribution in [0.5, 0.6) is 0 Å². The SMILES string of the molecule is COC(=O)C1CN(C(=O)OCc2ccccc2)CC(F)(F)C1.